The third kappa shape index (κ3) is 107. The van der Waals surface area contributed by atoms with E-state index in [1.807, 2.05) is 6.92 Å². The summed E-state index contributed by atoms with van der Waals surface area (Å²) in [6.07, 6.45) is -5.90. The molecule has 0 rings (SSSR count). The molecule has 78 valence electrons. The lowest BCUT2D eigenvalue weighted by molar-refractivity contribution is 0.308. The Morgan fingerprint density at radius 1 is 0.923 bits per heavy atom. The van der Waals surface area contributed by atoms with Crippen molar-refractivity contribution in [2.24, 2.45) is 0 Å². The lowest BCUT2D eigenvalue weighted by Gasteiger charge is -1.69. The number of hydrogen-bond acceptors (Lipinski definition) is 0. The third-order valence-electron chi connectivity index (χ3n) is 0.143. The van der Waals surface area contributed by atoms with E-state index in [4.69, 9.17) is 0 Å². The van der Waals surface area contributed by atoms with Gasteiger partial charge in [0.2, 0.25) is 0 Å². The van der Waals surface area contributed by atoms with E-state index in [0.29, 0.717) is 0 Å². The molecule has 0 saturated carbocycles. The van der Waals surface area contributed by atoms with Crippen molar-refractivity contribution >= 4 is 0 Å². The van der Waals surface area contributed by atoms with Crippen LogP contribution in [0.4, 0.5) is 26.3 Å². The van der Waals surface area contributed by atoms with Gasteiger partial charge in [0.25, 0.3) is 6.08 Å². The molecular formula is C7H8F6. The monoisotopic (exact) mass is 206 g/mol. The van der Waals surface area contributed by atoms with Gasteiger partial charge >= 0.3 is 12.2 Å². The molecule has 13 heavy (non-hydrogen) atoms. The molecule has 0 unspecified atom stereocenters. The molecule has 0 aliphatic rings. The Kier molecular flexibility index (Phi) is 18.3. The maximum atomic E-state index is 10.3. The maximum absolute atomic E-state index is 10.3. The van der Waals surface area contributed by atoms with E-state index in [1.54, 1.807) is 6.08 Å². The second kappa shape index (κ2) is 13.4. The van der Waals surface area contributed by atoms with Gasteiger partial charge in [0.05, 0.1) is 0 Å². The lowest BCUT2D eigenvalue weighted by Crippen LogP contribution is -1.56. The van der Waals surface area contributed by atoms with Crippen LogP contribution in [0.15, 0.2) is 37.5 Å². The average molecular weight is 206 g/mol. The van der Waals surface area contributed by atoms with Crippen molar-refractivity contribution in [2.45, 2.75) is 6.92 Å². The van der Waals surface area contributed by atoms with Crippen molar-refractivity contribution in [1.82, 2.24) is 0 Å². The van der Waals surface area contributed by atoms with Crippen molar-refractivity contribution in [2.75, 3.05) is 0 Å². The van der Waals surface area contributed by atoms with Crippen LogP contribution in [0.3, 0.4) is 0 Å². The molecule has 6 heteroatoms. The second-order valence-electron chi connectivity index (χ2n) is 1.27. The summed E-state index contributed by atoms with van der Waals surface area (Å²) in [5.74, 6) is 0. The number of allylic oxidation sites excluding steroid dienone is 1. The van der Waals surface area contributed by atoms with E-state index >= 15 is 0 Å². The second-order valence-corrected chi connectivity index (χ2v) is 1.27. The zero-order valence-corrected chi connectivity index (χ0v) is 6.76. The van der Waals surface area contributed by atoms with Crippen molar-refractivity contribution in [3.05, 3.63) is 37.5 Å². The van der Waals surface area contributed by atoms with Gasteiger partial charge < -0.3 is 0 Å². The zero-order valence-electron chi connectivity index (χ0n) is 6.76. The predicted octanol–water partition coefficient (Wildman–Crippen LogP) is 4.58. The number of rotatable bonds is 0. The summed E-state index contributed by atoms with van der Waals surface area (Å²) >= 11 is 0. The van der Waals surface area contributed by atoms with Crippen molar-refractivity contribution in [1.29, 1.82) is 0 Å². The summed E-state index contributed by atoms with van der Waals surface area (Å²) < 4.78 is 61.4. The minimum Gasteiger partial charge on any atom is -0.174 e. The molecule has 0 spiro atoms. The zero-order chi connectivity index (χ0) is 11.4. The van der Waals surface area contributed by atoms with Crippen molar-refractivity contribution < 1.29 is 26.3 Å². The quantitative estimate of drug-likeness (QED) is 0.402. The number of hydrogen-bond donors (Lipinski definition) is 0. The van der Waals surface area contributed by atoms with Crippen LogP contribution in [0.1, 0.15) is 6.92 Å². The molecule has 0 nitrogen and oxygen atoms in total. The van der Waals surface area contributed by atoms with Gasteiger partial charge in [-0.2, -0.15) is 26.3 Å². The van der Waals surface area contributed by atoms with Gasteiger partial charge in [0, 0.05) is 0 Å². The molecule has 0 saturated heterocycles. The summed E-state index contributed by atoms with van der Waals surface area (Å²) in [5.41, 5.74) is 0. The highest BCUT2D eigenvalue weighted by molar-refractivity contribution is 4.77. The third-order valence-corrected chi connectivity index (χ3v) is 0.143. The standard InChI is InChI=1S/C3H6.C2F4.C2H2F2/c1-3-2;3-1(4)2(5)6;1-2(3)4/h3H,1H2,2H3;;1H2. The molecule has 0 aliphatic heterocycles. The molecule has 0 aliphatic carbocycles. The molecule has 0 bridgehead atoms. The summed E-state index contributed by atoms with van der Waals surface area (Å²) in [6, 6.07) is 0. The van der Waals surface area contributed by atoms with E-state index in [2.05, 4.69) is 13.2 Å². The normalized spacial score (nSPS) is 6.69. The summed E-state index contributed by atoms with van der Waals surface area (Å²) in [6.45, 7) is 7.47. The number of halogens is 6. The van der Waals surface area contributed by atoms with Crippen LogP contribution in [0, 0.1) is 0 Å². The molecule has 0 N–H and O–H groups in total. The van der Waals surface area contributed by atoms with E-state index in [-0.39, 0.29) is 0 Å². The first-order chi connectivity index (χ1) is 5.79. The smallest absolute Gasteiger partial charge is 0.174 e. The topological polar surface area (TPSA) is 0 Å². The highest BCUT2D eigenvalue weighted by Crippen LogP contribution is 2.08. The maximum Gasteiger partial charge on any atom is 0.334 e. The molecule has 0 atom stereocenters. The summed E-state index contributed by atoms with van der Waals surface area (Å²) in [5, 5.41) is 0. The molecular weight excluding hydrogens is 198 g/mol. The molecule has 0 aromatic carbocycles. The van der Waals surface area contributed by atoms with Gasteiger partial charge in [-0.15, -0.1) is 6.58 Å². The van der Waals surface area contributed by atoms with Gasteiger partial charge in [-0.1, -0.05) is 6.08 Å². The van der Waals surface area contributed by atoms with Crippen LogP contribution in [-0.2, 0) is 0 Å². The molecule has 0 amide bonds. The molecule has 0 aromatic rings. The fourth-order valence-corrected chi connectivity index (χ4v) is 0. The van der Waals surface area contributed by atoms with Crippen molar-refractivity contribution in [3.8, 4) is 0 Å². The lowest BCUT2D eigenvalue weighted by atomic mass is 10.8. The van der Waals surface area contributed by atoms with E-state index < -0.39 is 18.2 Å². The largest absolute Gasteiger partial charge is 0.334 e. The predicted molar refractivity (Wildman–Crippen MR) is 38.7 cm³/mol. The van der Waals surface area contributed by atoms with Crippen LogP contribution >= 0.6 is 0 Å². The van der Waals surface area contributed by atoms with E-state index in [1.165, 1.54) is 0 Å². The van der Waals surface area contributed by atoms with Crippen molar-refractivity contribution in [3.63, 3.8) is 0 Å². The highest BCUT2D eigenvalue weighted by Gasteiger charge is 1.98. The Morgan fingerprint density at radius 3 is 1.00 bits per heavy atom. The van der Waals surface area contributed by atoms with Crippen LogP contribution in [0.5, 0.6) is 0 Å². The Morgan fingerprint density at radius 2 is 1.00 bits per heavy atom. The SMILES string of the molecule is C=C(F)F.C=CC.FC(F)=C(F)F. The first-order valence-electron chi connectivity index (χ1n) is 2.72. The fourth-order valence-electron chi connectivity index (χ4n) is 0. The van der Waals surface area contributed by atoms with Crippen LogP contribution in [0.2, 0.25) is 0 Å². The van der Waals surface area contributed by atoms with E-state index in [0.717, 1.165) is 0 Å². The first-order valence-corrected chi connectivity index (χ1v) is 2.72. The first kappa shape index (κ1) is 17.8. The van der Waals surface area contributed by atoms with Crippen LogP contribution < -0.4 is 0 Å². The van der Waals surface area contributed by atoms with Crippen LogP contribution in [0.25, 0.3) is 0 Å². The fraction of sp³-hybridized carbons (Fsp3) is 0.143. The van der Waals surface area contributed by atoms with Crippen LogP contribution in [-0.4, -0.2) is 0 Å². The highest BCUT2D eigenvalue weighted by atomic mass is 19.3. The van der Waals surface area contributed by atoms with Gasteiger partial charge in [0.15, 0.2) is 0 Å². The molecule has 0 heterocycles. The molecule has 0 aromatic heterocycles. The van der Waals surface area contributed by atoms with Gasteiger partial charge in [-0.3, -0.25) is 0 Å². The average Bonchev–Trinajstić information content (AvgIpc) is 1.87. The molecule has 0 fully saturated rings. The van der Waals surface area contributed by atoms with Gasteiger partial charge in [-0.05, 0) is 13.5 Å². The molecule has 0 radical (unpaired) electrons. The Labute approximate surface area is 71.9 Å². The minimum atomic E-state index is -2.91. The Balaban J connectivity index is -0.000000125. The summed E-state index contributed by atoms with van der Waals surface area (Å²) in [7, 11) is 0. The summed E-state index contributed by atoms with van der Waals surface area (Å²) in [4.78, 5) is 0. The van der Waals surface area contributed by atoms with E-state index in [9.17, 15) is 26.3 Å². The van der Waals surface area contributed by atoms with Gasteiger partial charge in [0.1, 0.15) is 0 Å². The Hall–Kier alpha value is -1.20. The Bertz CT molecular complexity index is 150. The van der Waals surface area contributed by atoms with Gasteiger partial charge in [-0.25, -0.2) is 0 Å². The minimum absolute atomic E-state index is 1.75.